The standard InChI is InChI=1S/C24H22N6O.C22H17ClN6O.C22H24N6O2.C22H24N6O/c1-14-6-4-9-18(10-14)30-19(11-17-8-5-7-15(2)20(17)24(30)31)16(3)29-23-21-22(26-12-25-21)27-13-28-23;1-13(28-21-19-20(25-11-24-19)26-12-27-21)17-10-14-6-5-9-16(23)18(14)22(30)29(17)15-7-3-2-4-8-15;1-13-4-3-5-15-10-17(28(22(29)18(13)15)16-6-8-30-9-7-16)14(2)27-21-19-20(24-11-23-19)25-12-26-21;1-13-6-5-7-15-10-17(28(22(29)18(13)15)16-8-3-4-9-16)14(2)27-21-19-20(24-11-23-19)25-12-26-21/h4-13,16H,1-3H3,(H2,25,26,27,28,29);2-13H,1H3,(H2,24,25,26,27,28);3-5,10-12,14,16H,6-9H2,1-2H3,(H2,23,24,25,26,27);5-7,10-12,14,16H,3-4,8-9H2,1-2H3,(H2,23,24,25,26,27). The molecule has 2 aliphatic rings. The van der Waals surface area contributed by atoms with E-state index in [9.17, 15) is 19.2 Å². The molecule has 6 aromatic carbocycles. The first-order valence-corrected chi connectivity index (χ1v) is 40.4. The van der Waals surface area contributed by atoms with E-state index in [1.807, 2.05) is 178 Å². The Morgan fingerprint density at radius 1 is 0.367 bits per heavy atom. The highest BCUT2D eigenvalue weighted by molar-refractivity contribution is 6.35. The van der Waals surface area contributed by atoms with Gasteiger partial charge in [0.15, 0.2) is 45.9 Å². The zero-order valence-corrected chi connectivity index (χ0v) is 68.0. The quantitative estimate of drug-likeness (QED) is 0.0445. The van der Waals surface area contributed by atoms with Gasteiger partial charge in [-0.3, -0.25) is 28.3 Å². The predicted molar refractivity (Wildman–Crippen MR) is 471 cm³/mol. The fourth-order valence-corrected chi connectivity index (χ4v) is 17.0. The van der Waals surface area contributed by atoms with Gasteiger partial charge in [0.2, 0.25) is 0 Å². The van der Waals surface area contributed by atoms with Gasteiger partial charge in [-0.2, -0.15) is 0 Å². The largest absolute Gasteiger partial charge is 0.381 e. The van der Waals surface area contributed by atoms with E-state index in [-0.39, 0.29) is 58.5 Å². The van der Waals surface area contributed by atoms with Gasteiger partial charge in [-0.1, -0.05) is 122 Å². The van der Waals surface area contributed by atoms with Crippen molar-refractivity contribution in [1.82, 2.24) is 98.0 Å². The lowest BCUT2D eigenvalue weighted by atomic mass is 10.0. The second kappa shape index (κ2) is 33.8. The maximum Gasteiger partial charge on any atom is 0.264 e. The van der Waals surface area contributed by atoms with Gasteiger partial charge < -0.3 is 55.1 Å². The topological polar surface area (TPSA) is 363 Å². The molecule has 29 nitrogen and oxygen atoms in total. The second-order valence-corrected chi connectivity index (χ2v) is 30.9. The van der Waals surface area contributed by atoms with Crippen LogP contribution in [0.15, 0.2) is 221 Å². The Bertz CT molecular complexity index is 7120. The Kier molecular flexibility index (Phi) is 22.1. The molecule has 0 amide bonds. The molecule has 0 bridgehead atoms. The van der Waals surface area contributed by atoms with Gasteiger partial charge in [0, 0.05) is 59.4 Å². The van der Waals surface area contributed by atoms with E-state index in [2.05, 4.69) is 133 Å². The Morgan fingerprint density at radius 3 is 1.12 bits per heavy atom. The van der Waals surface area contributed by atoms with Crippen LogP contribution in [0.1, 0.15) is 148 Å². The van der Waals surface area contributed by atoms with E-state index < -0.39 is 0 Å². The summed E-state index contributed by atoms with van der Waals surface area (Å²) < 4.78 is 13.0. The number of nitrogens with zero attached hydrogens (tertiary/aromatic N) is 16. The van der Waals surface area contributed by atoms with Gasteiger partial charge in [-0.15, -0.1) is 0 Å². The number of rotatable bonds is 16. The van der Waals surface area contributed by atoms with Crippen molar-refractivity contribution in [3.05, 3.63) is 294 Å². The number of para-hydroxylation sites is 1. The molecule has 0 spiro atoms. The molecule has 2 fully saturated rings. The van der Waals surface area contributed by atoms with Crippen LogP contribution in [-0.4, -0.2) is 111 Å². The smallest absolute Gasteiger partial charge is 0.264 e. The first kappa shape index (κ1) is 78.3. The third-order valence-corrected chi connectivity index (χ3v) is 22.9. The minimum Gasteiger partial charge on any atom is -0.381 e. The molecule has 20 rings (SSSR count). The molecule has 1 aliphatic carbocycles. The van der Waals surface area contributed by atoms with Crippen LogP contribution in [-0.2, 0) is 4.74 Å². The molecule has 8 N–H and O–H groups in total. The summed E-state index contributed by atoms with van der Waals surface area (Å²) >= 11 is 6.38. The van der Waals surface area contributed by atoms with Crippen LogP contribution >= 0.6 is 11.6 Å². The first-order valence-electron chi connectivity index (χ1n) is 40.0. The monoisotopic (exact) mass is 1620 g/mol. The van der Waals surface area contributed by atoms with Crippen LogP contribution < -0.4 is 43.5 Å². The molecule has 4 atom stereocenters. The number of aromatic nitrogens is 20. The Balaban J connectivity index is 0.000000114. The van der Waals surface area contributed by atoms with Crippen molar-refractivity contribution in [1.29, 1.82) is 0 Å². The van der Waals surface area contributed by atoms with Crippen molar-refractivity contribution in [3.8, 4) is 11.4 Å². The van der Waals surface area contributed by atoms with Crippen LogP contribution in [0.5, 0.6) is 0 Å². The number of halogens is 1. The number of fused-ring (bicyclic) bond motifs is 8. The first-order chi connectivity index (χ1) is 58.4. The molecular weight excluding hydrogens is 1530 g/mol. The summed E-state index contributed by atoms with van der Waals surface area (Å²) in [6, 6.07) is 49.0. The molecule has 0 radical (unpaired) electrons. The highest BCUT2D eigenvalue weighted by Crippen LogP contribution is 2.37. The fraction of sp³-hybridized carbons (Fsp3) is 0.244. The molecular formula is C90H87ClN24O5. The molecule has 120 heavy (non-hydrogen) atoms. The highest BCUT2D eigenvalue weighted by Gasteiger charge is 2.29. The van der Waals surface area contributed by atoms with Crippen LogP contribution in [0.25, 0.3) is 99.1 Å². The maximum atomic E-state index is 13.7. The van der Waals surface area contributed by atoms with Crippen molar-refractivity contribution in [2.75, 3.05) is 34.5 Å². The van der Waals surface area contributed by atoms with Gasteiger partial charge in [-0.05, 0) is 179 Å². The highest BCUT2D eigenvalue weighted by atomic mass is 35.5. The molecule has 1 saturated heterocycles. The summed E-state index contributed by atoms with van der Waals surface area (Å²) in [5, 5.41) is 20.7. The average Bonchev–Trinajstić information content (AvgIpc) is 0.949. The number of aryl methyl sites for hydroxylation is 4. The maximum absolute atomic E-state index is 13.7. The predicted octanol–water partition coefficient (Wildman–Crippen LogP) is 16.7. The lowest BCUT2D eigenvalue weighted by Crippen LogP contribution is -2.33. The van der Waals surface area contributed by atoms with Crippen molar-refractivity contribution >= 4 is 123 Å². The van der Waals surface area contributed by atoms with E-state index in [1.165, 1.54) is 38.2 Å². The van der Waals surface area contributed by atoms with Gasteiger partial charge in [-0.25, -0.2) is 59.8 Å². The average molecular weight is 1620 g/mol. The second-order valence-electron chi connectivity index (χ2n) is 30.4. The molecule has 4 unspecified atom stereocenters. The molecule has 12 aromatic heterocycles. The molecule has 13 heterocycles. The van der Waals surface area contributed by atoms with Gasteiger partial charge in [0.25, 0.3) is 22.2 Å². The van der Waals surface area contributed by atoms with Gasteiger partial charge in [0.05, 0.1) is 76.0 Å². The van der Waals surface area contributed by atoms with Crippen molar-refractivity contribution in [2.24, 2.45) is 0 Å². The van der Waals surface area contributed by atoms with Crippen LogP contribution in [0.2, 0.25) is 5.02 Å². The van der Waals surface area contributed by atoms with E-state index in [4.69, 9.17) is 16.3 Å². The molecule has 30 heteroatoms. The summed E-state index contributed by atoms with van der Waals surface area (Å²) in [4.78, 5) is 118. The third-order valence-electron chi connectivity index (χ3n) is 22.5. The molecule has 18 aromatic rings. The Morgan fingerprint density at radius 2 is 0.708 bits per heavy atom. The normalized spacial score (nSPS) is 14.2. The van der Waals surface area contributed by atoms with Gasteiger partial charge in [0.1, 0.15) is 47.4 Å². The van der Waals surface area contributed by atoms with E-state index >= 15 is 0 Å². The van der Waals surface area contributed by atoms with Crippen molar-refractivity contribution < 1.29 is 4.74 Å². The molecule has 604 valence electrons. The number of ether oxygens (including phenoxy) is 1. The number of hydrogen-bond acceptors (Lipinski definition) is 21. The number of pyridine rings is 4. The lowest BCUT2D eigenvalue weighted by molar-refractivity contribution is 0.0678. The van der Waals surface area contributed by atoms with Gasteiger partial charge >= 0.3 is 0 Å². The zero-order chi connectivity index (χ0) is 82.8. The minimum atomic E-state index is -0.248. The summed E-state index contributed by atoms with van der Waals surface area (Å²) in [5.74, 6) is 2.61. The fourth-order valence-electron chi connectivity index (χ4n) is 16.7. The summed E-state index contributed by atoms with van der Waals surface area (Å²) in [7, 11) is 0. The number of nitrogens with one attached hydrogen (secondary N) is 8. The van der Waals surface area contributed by atoms with E-state index in [1.54, 1.807) is 40.5 Å². The lowest BCUT2D eigenvalue weighted by Gasteiger charge is -2.30. The van der Waals surface area contributed by atoms with Crippen molar-refractivity contribution in [3.63, 3.8) is 0 Å². The number of anilines is 4. The number of benzene rings is 6. The van der Waals surface area contributed by atoms with Crippen LogP contribution in [0.4, 0.5) is 23.3 Å². The molecule has 1 saturated carbocycles. The van der Waals surface area contributed by atoms with E-state index in [0.717, 1.165) is 136 Å². The zero-order valence-electron chi connectivity index (χ0n) is 67.2. The number of imidazole rings is 4. The summed E-state index contributed by atoms with van der Waals surface area (Å²) in [5.41, 5.74) is 14.6. The number of H-pyrrole nitrogens is 4. The van der Waals surface area contributed by atoms with Crippen LogP contribution in [0.3, 0.4) is 0 Å². The number of hydrogen-bond donors (Lipinski definition) is 8. The molecule has 1 aliphatic heterocycles. The SMILES string of the molecule is CC(Nc1ncnc2nc[nH]c12)c1cc2cccc(Cl)c2c(=O)n1-c1ccccc1.Cc1cccc(-n2c(C(C)Nc3ncnc4nc[nH]c34)cc3cccc(C)c3c2=O)c1.Cc1cccc2cc(C(C)Nc3ncnc4nc[nH]c34)n(C3CCCC3)c(=O)c12.Cc1cccc2cc(C(C)Nc3ncnc4nc[nH]c34)n(C3CCOCC3)c(=O)c12. The number of aromatic amines is 4. The summed E-state index contributed by atoms with van der Waals surface area (Å²) in [6.45, 7) is 17.5. The summed E-state index contributed by atoms with van der Waals surface area (Å²) in [6.07, 6.45) is 18.4. The minimum absolute atomic E-state index is 0.0285. The third kappa shape index (κ3) is 15.4. The van der Waals surface area contributed by atoms with E-state index in [0.29, 0.717) is 75.0 Å². The Hall–Kier alpha value is -14.2. The van der Waals surface area contributed by atoms with Crippen LogP contribution in [0, 0.1) is 27.7 Å². The van der Waals surface area contributed by atoms with Crippen molar-refractivity contribution in [2.45, 2.75) is 130 Å². The Labute approximate surface area is 691 Å².